The summed E-state index contributed by atoms with van der Waals surface area (Å²) in [6.07, 6.45) is 0.778. The summed E-state index contributed by atoms with van der Waals surface area (Å²) in [5.41, 5.74) is 5.09. The third-order valence-corrected chi connectivity index (χ3v) is 2.60. The van der Waals surface area contributed by atoms with Gasteiger partial charge in [-0.2, -0.15) is 8.42 Å². The number of hydrogen-bond acceptors (Lipinski definition) is 3. The lowest BCUT2D eigenvalue weighted by Gasteiger charge is -2.02. The van der Waals surface area contributed by atoms with Crippen molar-refractivity contribution in [1.82, 2.24) is 0 Å². The minimum Gasteiger partial charge on any atom is -0.366 e. The lowest BCUT2D eigenvalue weighted by Crippen LogP contribution is -2.11. The van der Waals surface area contributed by atoms with Gasteiger partial charge in [-0.1, -0.05) is 26.8 Å². The van der Waals surface area contributed by atoms with Crippen molar-refractivity contribution in [2.24, 2.45) is 11.7 Å². The fourth-order valence-corrected chi connectivity index (χ4v) is 1.43. The molecule has 0 aromatic carbocycles. The van der Waals surface area contributed by atoms with E-state index in [2.05, 4.69) is 6.58 Å². The van der Waals surface area contributed by atoms with Gasteiger partial charge in [-0.25, -0.2) is 0 Å². The second-order valence-corrected chi connectivity index (χ2v) is 4.90. The smallest absolute Gasteiger partial charge is 0.265 e. The fraction of sp³-hybridized carbons (Fsp3) is 0.667. The summed E-state index contributed by atoms with van der Waals surface area (Å²) in [5, 5.41) is 0. The molecular weight excluding hydrogens is 218 g/mol. The third-order valence-electron chi connectivity index (χ3n) is 1.61. The van der Waals surface area contributed by atoms with Crippen molar-refractivity contribution in [2.45, 2.75) is 27.2 Å². The van der Waals surface area contributed by atoms with Gasteiger partial charge < -0.3 is 5.73 Å². The van der Waals surface area contributed by atoms with E-state index in [0.29, 0.717) is 5.57 Å². The molecule has 0 spiro atoms. The van der Waals surface area contributed by atoms with E-state index < -0.39 is 16.0 Å². The van der Waals surface area contributed by atoms with Crippen LogP contribution >= 0.6 is 0 Å². The summed E-state index contributed by atoms with van der Waals surface area (Å²) in [5.74, 6) is -0.501. The molecule has 0 aliphatic carbocycles. The predicted octanol–water partition coefficient (Wildman–Crippen LogP) is 0.968. The Morgan fingerprint density at radius 2 is 1.87 bits per heavy atom. The normalized spacial score (nSPS) is 12.3. The van der Waals surface area contributed by atoms with E-state index in [4.69, 9.17) is 10.3 Å². The second-order valence-electron chi connectivity index (χ2n) is 3.41. The zero-order valence-electron chi connectivity index (χ0n) is 9.36. The quantitative estimate of drug-likeness (QED) is 0.562. The Morgan fingerprint density at radius 1 is 1.53 bits per heavy atom. The van der Waals surface area contributed by atoms with Crippen LogP contribution in [-0.4, -0.2) is 24.6 Å². The standard InChI is InChI=1S/C5H12O3S.C4H7NO/c1-3-5(2)4-9(6,7)8;1-3(2)4(5)6/h5H,3-4H2,1-2H3,(H,6,7,8);1H2,2H3,(H2,5,6). The molecule has 0 aliphatic heterocycles. The number of nitrogens with two attached hydrogens (primary N) is 1. The Labute approximate surface area is 91.1 Å². The molecule has 0 fully saturated rings. The van der Waals surface area contributed by atoms with Gasteiger partial charge in [-0.15, -0.1) is 0 Å². The van der Waals surface area contributed by atoms with Crippen molar-refractivity contribution in [3.8, 4) is 0 Å². The molecule has 0 heterocycles. The zero-order valence-corrected chi connectivity index (χ0v) is 10.2. The van der Waals surface area contributed by atoms with Gasteiger partial charge in [0.15, 0.2) is 0 Å². The molecule has 0 rings (SSSR count). The Bertz CT molecular complexity index is 296. The molecular formula is C9H19NO4S. The van der Waals surface area contributed by atoms with Crippen LogP contribution in [0.15, 0.2) is 12.2 Å². The molecule has 1 unspecified atom stereocenters. The van der Waals surface area contributed by atoms with E-state index >= 15 is 0 Å². The third kappa shape index (κ3) is 15.8. The van der Waals surface area contributed by atoms with Gasteiger partial charge in [0, 0.05) is 5.57 Å². The van der Waals surface area contributed by atoms with Gasteiger partial charge >= 0.3 is 0 Å². The van der Waals surface area contributed by atoms with Crippen molar-refractivity contribution in [3.63, 3.8) is 0 Å². The molecule has 90 valence electrons. The number of primary amides is 1. The van der Waals surface area contributed by atoms with Crippen LogP contribution in [0.3, 0.4) is 0 Å². The first kappa shape index (κ1) is 16.5. The average Bonchev–Trinajstić information content (AvgIpc) is 2.02. The highest BCUT2D eigenvalue weighted by Crippen LogP contribution is 2.02. The maximum atomic E-state index is 10.2. The summed E-state index contributed by atoms with van der Waals surface area (Å²) >= 11 is 0. The minimum atomic E-state index is -3.74. The summed E-state index contributed by atoms with van der Waals surface area (Å²) in [6, 6.07) is 0. The largest absolute Gasteiger partial charge is 0.366 e. The van der Waals surface area contributed by atoms with Crippen LogP contribution in [0.25, 0.3) is 0 Å². The van der Waals surface area contributed by atoms with Crippen LogP contribution < -0.4 is 5.73 Å². The maximum Gasteiger partial charge on any atom is 0.265 e. The van der Waals surface area contributed by atoms with E-state index in [0.717, 1.165) is 6.42 Å². The molecule has 6 heteroatoms. The first-order chi connectivity index (χ1) is 6.60. The van der Waals surface area contributed by atoms with Crippen LogP contribution in [0.5, 0.6) is 0 Å². The second kappa shape index (κ2) is 7.42. The first-order valence-electron chi connectivity index (χ1n) is 4.50. The number of hydrogen-bond donors (Lipinski definition) is 2. The Balaban J connectivity index is 0. The molecule has 3 N–H and O–H groups in total. The van der Waals surface area contributed by atoms with E-state index in [9.17, 15) is 13.2 Å². The number of carbonyl (C=O) groups is 1. The number of amides is 1. The van der Waals surface area contributed by atoms with Gasteiger partial charge in [0.1, 0.15) is 0 Å². The highest BCUT2D eigenvalue weighted by atomic mass is 32.2. The average molecular weight is 237 g/mol. The fourth-order valence-electron chi connectivity index (χ4n) is 0.477. The molecule has 0 saturated heterocycles. The highest BCUT2D eigenvalue weighted by Gasteiger charge is 2.09. The van der Waals surface area contributed by atoms with Crippen molar-refractivity contribution >= 4 is 16.0 Å². The minimum absolute atomic E-state index is 0.0556. The van der Waals surface area contributed by atoms with Crippen LogP contribution in [-0.2, 0) is 14.9 Å². The molecule has 0 aromatic rings. The summed E-state index contributed by atoms with van der Waals surface area (Å²) in [4.78, 5) is 9.82. The topological polar surface area (TPSA) is 97.5 Å². The van der Waals surface area contributed by atoms with Crippen LogP contribution in [0.2, 0.25) is 0 Å². The van der Waals surface area contributed by atoms with Crippen molar-refractivity contribution in [1.29, 1.82) is 0 Å². The van der Waals surface area contributed by atoms with E-state index in [-0.39, 0.29) is 11.7 Å². The SMILES string of the molecule is C=C(C)C(N)=O.CCC(C)CS(=O)(=O)O. The molecule has 0 aliphatic rings. The Hall–Kier alpha value is -0.880. The van der Waals surface area contributed by atoms with Gasteiger partial charge in [0.05, 0.1) is 5.75 Å². The zero-order chi connectivity index (χ0) is 12.6. The molecule has 15 heavy (non-hydrogen) atoms. The van der Waals surface area contributed by atoms with Crippen molar-refractivity contribution < 1.29 is 17.8 Å². The molecule has 1 amide bonds. The van der Waals surface area contributed by atoms with Gasteiger partial charge in [-0.05, 0) is 12.8 Å². The summed E-state index contributed by atoms with van der Waals surface area (Å²) in [6.45, 7) is 8.52. The first-order valence-corrected chi connectivity index (χ1v) is 6.11. The summed E-state index contributed by atoms with van der Waals surface area (Å²) in [7, 11) is -3.74. The molecule has 0 bridgehead atoms. The number of rotatable bonds is 4. The van der Waals surface area contributed by atoms with E-state index in [1.54, 1.807) is 13.8 Å². The molecule has 5 nitrogen and oxygen atoms in total. The predicted molar refractivity (Wildman–Crippen MR) is 59.9 cm³/mol. The molecule has 0 saturated carbocycles. The Morgan fingerprint density at radius 3 is 1.93 bits per heavy atom. The van der Waals surface area contributed by atoms with Gasteiger partial charge in [0.2, 0.25) is 5.91 Å². The summed E-state index contributed by atoms with van der Waals surface area (Å²) < 4.78 is 28.6. The van der Waals surface area contributed by atoms with E-state index in [1.165, 1.54) is 0 Å². The lowest BCUT2D eigenvalue weighted by molar-refractivity contribution is -0.114. The van der Waals surface area contributed by atoms with Crippen LogP contribution in [0, 0.1) is 5.92 Å². The maximum absolute atomic E-state index is 10.2. The molecule has 0 aromatic heterocycles. The van der Waals surface area contributed by atoms with Crippen LogP contribution in [0.4, 0.5) is 0 Å². The molecule has 0 radical (unpaired) electrons. The van der Waals surface area contributed by atoms with Crippen LogP contribution in [0.1, 0.15) is 27.2 Å². The molecule has 1 atom stereocenters. The van der Waals surface area contributed by atoms with Crippen molar-refractivity contribution in [3.05, 3.63) is 12.2 Å². The number of carbonyl (C=O) groups excluding carboxylic acids is 1. The van der Waals surface area contributed by atoms with Crippen molar-refractivity contribution in [2.75, 3.05) is 5.75 Å². The monoisotopic (exact) mass is 237 g/mol. The van der Waals surface area contributed by atoms with E-state index in [1.807, 2.05) is 6.92 Å². The lowest BCUT2D eigenvalue weighted by atomic mass is 10.2. The Kier molecular flexibility index (Phi) is 8.18. The highest BCUT2D eigenvalue weighted by molar-refractivity contribution is 7.85. The van der Waals surface area contributed by atoms with Gasteiger partial charge in [-0.3, -0.25) is 9.35 Å². The van der Waals surface area contributed by atoms with Gasteiger partial charge in [0.25, 0.3) is 10.1 Å².